The number of benzene rings is 1. The van der Waals surface area contributed by atoms with Crippen molar-refractivity contribution in [1.82, 2.24) is 5.32 Å². The Labute approximate surface area is 108 Å². The lowest BCUT2D eigenvalue weighted by Gasteiger charge is -2.13. The second kappa shape index (κ2) is 6.31. The Bertz CT molecular complexity index is 331. The van der Waals surface area contributed by atoms with Crippen LogP contribution in [0.1, 0.15) is 18.9 Å². The molecular weight excluding hydrogens is 230 g/mol. The topological polar surface area (TPSA) is 21.3 Å². The molecule has 0 aromatic heterocycles. The molecule has 2 rings (SSSR count). The first-order valence-electron chi connectivity index (χ1n) is 6.27. The maximum absolute atomic E-state index is 5.87. The molecule has 0 bridgehead atoms. The number of para-hydroxylation sites is 1. The smallest absolute Gasteiger partial charge is 0.123 e. The van der Waals surface area contributed by atoms with Gasteiger partial charge in [-0.05, 0) is 30.9 Å². The fraction of sp³-hybridized carbons (Fsp3) is 0.571. The predicted octanol–water partition coefficient (Wildman–Crippen LogP) is 2.72. The van der Waals surface area contributed by atoms with Crippen molar-refractivity contribution in [3.05, 3.63) is 29.8 Å². The maximum atomic E-state index is 5.87. The summed E-state index contributed by atoms with van der Waals surface area (Å²) in [6.45, 7) is 4.31. The maximum Gasteiger partial charge on any atom is 0.123 e. The van der Waals surface area contributed by atoms with E-state index < -0.39 is 0 Å². The van der Waals surface area contributed by atoms with Crippen LogP contribution in [0.25, 0.3) is 0 Å². The van der Waals surface area contributed by atoms with Crippen molar-refractivity contribution in [2.45, 2.75) is 31.1 Å². The van der Waals surface area contributed by atoms with Crippen molar-refractivity contribution in [2.75, 3.05) is 19.3 Å². The first kappa shape index (κ1) is 12.8. The van der Waals surface area contributed by atoms with Crippen LogP contribution >= 0.6 is 11.8 Å². The third-order valence-corrected chi connectivity index (χ3v) is 4.26. The van der Waals surface area contributed by atoms with Gasteiger partial charge in [-0.15, -0.1) is 0 Å². The van der Waals surface area contributed by atoms with E-state index in [1.54, 1.807) is 0 Å². The molecule has 17 heavy (non-hydrogen) atoms. The molecule has 1 aromatic rings. The lowest BCUT2D eigenvalue weighted by molar-refractivity contribution is 0.228. The number of ether oxygens (including phenoxy) is 1. The van der Waals surface area contributed by atoms with Gasteiger partial charge < -0.3 is 10.1 Å². The normalized spacial score (nSPS) is 19.8. The van der Waals surface area contributed by atoms with Gasteiger partial charge in [0.1, 0.15) is 11.9 Å². The minimum absolute atomic E-state index is 0.317. The molecule has 94 valence electrons. The minimum Gasteiger partial charge on any atom is -0.488 e. The van der Waals surface area contributed by atoms with Crippen LogP contribution in [0.3, 0.4) is 0 Å². The number of nitrogens with one attached hydrogen (secondary N) is 1. The average molecular weight is 251 g/mol. The lowest BCUT2D eigenvalue weighted by atomic mass is 10.1. The second-order valence-electron chi connectivity index (χ2n) is 4.59. The Balaban J connectivity index is 1.67. The molecule has 0 aliphatic carbocycles. The van der Waals surface area contributed by atoms with Crippen LogP contribution in [0, 0.1) is 0 Å². The van der Waals surface area contributed by atoms with Crippen LogP contribution in [-0.4, -0.2) is 30.7 Å². The summed E-state index contributed by atoms with van der Waals surface area (Å²) in [5, 5.41) is 4.23. The van der Waals surface area contributed by atoms with E-state index >= 15 is 0 Å². The van der Waals surface area contributed by atoms with Crippen molar-refractivity contribution in [3.63, 3.8) is 0 Å². The van der Waals surface area contributed by atoms with Gasteiger partial charge in [-0.3, -0.25) is 0 Å². The van der Waals surface area contributed by atoms with E-state index in [4.69, 9.17) is 4.74 Å². The SMILES string of the molecule is CSC(C)CCNCC1Cc2ccccc2O1. The summed E-state index contributed by atoms with van der Waals surface area (Å²) in [6, 6.07) is 8.34. The first-order valence-corrected chi connectivity index (χ1v) is 7.56. The number of fused-ring (bicyclic) bond motifs is 1. The molecule has 1 aliphatic rings. The van der Waals surface area contributed by atoms with Crippen LogP contribution in [0.5, 0.6) is 5.75 Å². The van der Waals surface area contributed by atoms with E-state index in [-0.39, 0.29) is 0 Å². The highest BCUT2D eigenvalue weighted by molar-refractivity contribution is 7.99. The summed E-state index contributed by atoms with van der Waals surface area (Å²) in [5.41, 5.74) is 1.34. The molecule has 1 aromatic carbocycles. The van der Waals surface area contributed by atoms with Gasteiger partial charge in [0.15, 0.2) is 0 Å². The lowest BCUT2D eigenvalue weighted by Crippen LogP contribution is -2.31. The third-order valence-electron chi connectivity index (χ3n) is 3.22. The van der Waals surface area contributed by atoms with Gasteiger partial charge in [-0.25, -0.2) is 0 Å². The van der Waals surface area contributed by atoms with Crippen molar-refractivity contribution in [3.8, 4) is 5.75 Å². The monoisotopic (exact) mass is 251 g/mol. The molecule has 0 amide bonds. The zero-order valence-electron chi connectivity index (χ0n) is 10.6. The number of thioether (sulfide) groups is 1. The summed E-state index contributed by atoms with van der Waals surface area (Å²) < 4.78 is 5.87. The van der Waals surface area contributed by atoms with E-state index in [1.807, 2.05) is 17.8 Å². The number of rotatable bonds is 6. The fourth-order valence-corrected chi connectivity index (χ4v) is 2.41. The predicted molar refractivity (Wildman–Crippen MR) is 75.0 cm³/mol. The van der Waals surface area contributed by atoms with Crippen LogP contribution in [-0.2, 0) is 6.42 Å². The molecule has 0 spiro atoms. The van der Waals surface area contributed by atoms with Gasteiger partial charge in [0.25, 0.3) is 0 Å². The molecule has 1 heterocycles. The fourth-order valence-electron chi connectivity index (χ4n) is 2.05. The zero-order chi connectivity index (χ0) is 12.1. The molecular formula is C14H21NOS. The summed E-state index contributed by atoms with van der Waals surface area (Å²) in [4.78, 5) is 0. The largest absolute Gasteiger partial charge is 0.488 e. The van der Waals surface area contributed by atoms with Crippen molar-refractivity contribution < 1.29 is 4.74 Å². The quantitative estimate of drug-likeness (QED) is 0.786. The van der Waals surface area contributed by atoms with Crippen molar-refractivity contribution >= 4 is 11.8 Å². The van der Waals surface area contributed by atoms with E-state index in [2.05, 4.69) is 36.7 Å². The summed E-state index contributed by atoms with van der Waals surface area (Å²) in [5.74, 6) is 1.07. The summed E-state index contributed by atoms with van der Waals surface area (Å²) in [7, 11) is 0. The van der Waals surface area contributed by atoms with Crippen LogP contribution < -0.4 is 10.1 Å². The van der Waals surface area contributed by atoms with Gasteiger partial charge >= 0.3 is 0 Å². The summed E-state index contributed by atoms with van der Waals surface area (Å²) >= 11 is 1.93. The Morgan fingerprint density at radius 2 is 2.29 bits per heavy atom. The van der Waals surface area contributed by atoms with Crippen LogP contribution in [0.15, 0.2) is 24.3 Å². The Hall–Kier alpha value is -0.670. The highest BCUT2D eigenvalue weighted by atomic mass is 32.2. The van der Waals surface area contributed by atoms with Crippen molar-refractivity contribution in [2.24, 2.45) is 0 Å². The van der Waals surface area contributed by atoms with Gasteiger partial charge in [-0.1, -0.05) is 25.1 Å². The minimum atomic E-state index is 0.317. The Kier molecular flexibility index (Phi) is 4.75. The number of hydrogen-bond acceptors (Lipinski definition) is 3. The van der Waals surface area contributed by atoms with E-state index in [9.17, 15) is 0 Å². The summed E-state index contributed by atoms with van der Waals surface area (Å²) in [6.07, 6.45) is 4.75. The van der Waals surface area contributed by atoms with Crippen LogP contribution in [0.4, 0.5) is 0 Å². The molecule has 0 saturated heterocycles. The standard InChI is InChI=1S/C14H21NOS/c1-11(17-2)7-8-15-10-13-9-12-5-3-4-6-14(12)16-13/h3-6,11,13,15H,7-10H2,1-2H3. The molecule has 2 unspecified atom stereocenters. The molecule has 0 saturated carbocycles. The zero-order valence-corrected chi connectivity index (χ0v) is 11.4. The second-order valence-corrected chi connectivity index (χ2v) is 5.87. The van der Waals surface area contributed by atoms with E-state index in [0.29, 0.717) is 6.10 Å². The molecule has 2 nitrogen and oxygen atoms in total. The Morgan fingerprint density at radius 1 is 1.47 bits per heavy atom. The highest BCUT2D eigenvalue weighted by Gasteiger charge is 2.21. The van der Waals surface area contributed by atoms with Crippen molar-refractivity contribution in [1.29, 1.82) is 0 Å². The molecule has 1 aliphatic heterocycles. The van der Waals surface area contributed by atoms with Crippen LogP contribution in [0.2, 0.25) is 0 Å². The third kappa shape index (κ3) is 3.65. The first-order chi connectivity index (χ1) is 8.29. The van der Waals surface area contributed by atoms with Gasteiger partial charge in [0.2, 0.25) is 0 Å². The van der Waals surface area contributed by atoms with Gasteiger partial charge in [0, 0.05) is 18.2 Å². The molecule has 2 atom stereocenters. The Morgan fingerprint density at radius 3 is 3.06 bits per heavy atom. The molecule has 1 N–H and O–H groups in total. The van der Waals surface area contributed by atoms with E-state index in [0.717, 1.165) is 30.5 Å². The van der Waals surface area contributed by atoms with Gasteiger partial charge in [-0.2, -0.15) is 11.8 Å². The highest BCUT2D eigenvalue weighted by Crippen LogP contribution is 2.27. The molecule has 0 radical (unpaired) electrons. The number of hydrogen-bond donors (Lipinski definition) is 1. The average Bonchev–Trinajstić information content (AvgIpc) is 2.76. The molecule has 3 heteroatoms. The van der Waals surface area contributed by atoms with E-state index in [1.165, 1.54) is 12.0 Å². The van der Waals surface area contributed by atoms with Gasteiger partial charge in [0.05, 0.1) is 0 Å². The molecule has 0 fully saturated rings.